The van der Waals surface area contributed by atoms with Gasteiger partial charge in [0.1, 0.15) is 12.1 Å². The van der Waals surface area contributed by atoms with Crippen LogP contribution in [0.3, 0.4) is 0 Å². The average molecular weight is 661 g/mol. The van der Waals surface area contributed by atoms with Crippen LogP contribution in [0.4, 0.5) is 0 Å². The van der Waals surface area contributed by atoms with Gasteiger partial charge in [0.15, 0.2) is 0 Å². The van der Waals surface area contributed by atoms with E-state index in [4.69, 9.17) is 0 Å². The molecule has 8 heteroatoms. The van der Waals surface area contributed by atoms with E-state index >= 15 is 0 Å². The van der Waals surface area contributed by atoms with E-state index in [9.17, 15) is 24.0 Å². The van der Waals surface area contributed by atoms with Crippen molar-refractivity contribution in [1.29, 1.82) is 0 Å². The Bertz CT molecular complexity index is 1490. The van der Waals surface area contributed by atoms with Gasteiger partial charge in [-0.1, -0.05) is 107 Å². The number of fused-ring (bicyclic) bond motifs is 1. The van der Waals surface area contributed by atoms with Crippen molar-refractivity contribution in [3.63, 3.8) is 0 Å². The number of carbonyl (C=O) groups is 2. The lowest BCUT2D eigenvalue weighted by molar-refractivity contribution is -0.132. The second-order valence-electron chi connectivity index (χ2n) is 14.3. The highest BCUT2D eigenvalue weighted by atomic mass is 32.2. The highest BCUT2D eigenvalue weighted by Gasteiger charge is 2.38. The molecular formula is C39H52N2O5S. The summed E-state index contributed by atoms with van der Waals surface area (Å²) < 4.78 is 13.7. The summed E-state index contributed by atoms with van der Waals surface area (Å²) in [6.07, 6.45) is 6.32. The zero-order chi connectivity index (χ0) is 33.3. The van der Waals surface area contributed by atoms with Gasteiger partial charge in [-0.25, -0.2) is 0 Å². The van der Waals surface area contributed by atoms with Crippen molar-refractivity contribution in [1.82, 2.24) is 10.6 Å². The van der Waals surface area contributed by atoms with Crippen molar-refractivity contribution in [2.24, 2.45) is 23.7 Å². The second kappa shape index (κ2) is 16.8. The Kier molecular flexibility index (Phi) is 12.6. The van der Waals surface area contributed by atoms with E-state index in [2.05, 4.69) is 10.6 Å². The predicted octanol–water partition coefficient (Wildman–Crippen LogP) is 5.92. The molecule has 2 aliphatic rings. The van der Waals surface area contributed by atoms with Crippen LogP contribution in [-0.4, -0.2) is 56.3 Å². The Balaban J connectivity index is 1.34. The van der Waals surface area contributed by atoms with Crippen molar-refractivity contribution in [3.05, 3.63) is 78.4 Å². The van der Waals surface area contributed by atoms with Gasteiger partial charge in [-0.3, -0.25) is 13.8 Å². The molecule has 6 atom stereocenters. The molecule has 0 radical (unpaired) electrons. The average Bonchev–Trinajstić information content (AvgIpc) is 3.90. The molecule has 254 valence electrons. The molecule has 47 heavy (non-hydrogen) atoms. The first-order valence-electron chi connectivity index (χ1n) is 17.6. The quantitative estimate of drug-likeness (QED) is 0.152. The smallest absolute Gasteiger partial charge is 0.242 e. The Hall–Kier alpha value is -3.07. The van der Waals surface area contributed by atoms with Crippen molar-refractivity contribution in [3.8, 4) is 0 Å². The van der Waals surface area contributed by atoms with E-state index in [0.29, 0.717) is 30.1 Å². The number of amides is 2. The third-order valence-corrected chi connectivity index (χ3v) is 11.4. The lowest BCUT2D eigenvalue weighted by Gasteiger charge is -2.37. The molecule has 0 spiro atoms. The molecule has 4 N–H and O–H groups in total. The zero-order valence-electron chi connectivity index (χ0n) is 27.9. The van der Waals surface area contributed by atoms with Gasteiger partial charge in [-0.05, 0) is 78.3 Å². The van der Waals surface area contributed by atoms with Gasteiger partial charge < -0.3 is 20.8 Å². The fourth-order valence-electron chi connectivity index (χ4n) is 7.02. The fourth-order valence-corrected chi connectivity index (χ4v) is 8.33. The summed E-state index contributed by atoms with van der Waals surface area (Å²) in [7, 11) is -1.44. The molecular weight excluding hydrogens is 609 g/mol. The molecule has 3 unspecified atom stereocenters. The van der Waals surface area contributed by atoms with Crippen LogP contribution in [0.25, 0.3) is 10.8 Å². The number of hydrogen-bond donors (Lipinski definition) is 4. The molecule has 2 fully saturated rings. The summed E-state index contributed by atoms with van der Waals surface area (Å²) in [5, 5.41) is 30.5. The monoisotopic (exact) mass is 660 g/mol. The molecule has 5 rings (SSSR count). The van der Waals surface area contributed by atoms with Crippen LogP contribution >= 0.6 is 0 Å². The van der Waals surface area contributed by atoms with Crippen molar-refractivity contribution in [2.45, 2.75) is 107 Å². The Labute approximate surface area is 282 Å². The third-order valence-electron chi connectivity index (χ3n) is 9.87. The van der Waals surface area contributed by atoms with E-state index in [1.165, 1.54) is 0 Å². The van der Waals surface area contributed by atoms with E-state index in [0.717, 1.165) is 61.3 Å². The normalized spacial score (nSPS) is 19.4. The van der Waals surface area contributed by atoms with Crippen LogP contribution in [0.1, 0.15) is 77.2 Å². The molecule has 3 aromatic carbocycles. The minimum Gasteiger partial charge on any atom is -0.390 e. The van der Waals surface area contributed by atoms with Gasteiger partial charge in [-0.2, -0.15) is 0 Å². The lowest BCUT2D eigenvalue weighted by atomic mass is 9.79. The fraction of sp³-hybridized carbons (Fsp3) is 0.538. The first kappa shape index (κ1) is 35.2. The molecule has 2 aliphatic carbocycles. The molecule has 0 saturated heterocycles. The summed E-state index contributed by atoms with van der Waals surface area (Å²) in [4.78, 5) is 28.8. The summed E-state index contributed by atoms with van der Waals surface area (Å²) in [6.45, 7) is 4.01. The SMILES string of the molecule is CC(C)C[C@H](O)[C@H](O)C(NC(=O)[C@H](CC1CC1)NC(=O)C(Cc1ccccc1)CS(=O)c1ccc2ccccc2c1)C1CCCCC1. The highest BCUT2D eigenvalue weighted by molar-refractivity contribution is 7.85. The lowest BCUT2D eigenvalue weighted by Crippen LogP contribution is -2.58. The maximum atomic E-state index is 14.1. The minimum atomic E-state index is -1.44. The van der Waals surface area contributed by atoms with Gasteiger partial charge in [0.05, 0.1) is 28.9 Å². The van der Waals surface area contributed by atoms with Crippen molar-refractivity contribution in [2.75, 3.05) is 5.75 Å². The number of aliphatic hydroxyl groups excluding tert-OH is 2. The molecule has 0 bridgehead atoms. The first-order chi connectivity index (χ1) is 22.7. The van der Waals surface area contributed by atoms with Crippen LogP contribution in [-0.2, 0) is 26.8 Å². The maximum absolute atomic E-state index is 14.1. The molecule has 0 aliphatic heterocycles. The third kappa shape index (κ3) is 10.2. The molecule has 2 saturated carbocycles. The van der Waals surface area contributed by atoms with Crippen LogP contribution in [0.2, 0.25) is 0 Å². The van der Waals surface area contributed by atoms with E-state index in [1.807, 2.05) is 86.6 Å². The molecule has 7 nitrogen and oxygen atoms in total. The summed E-state index contributed by atoms with van der Waals surface area (Å²) in [5.74, 6) is -0.476. The van der Waals surface area contributed by atoms with Crippen LogP contribution < -0.4 is 10.6 Å². The number of hydrogen-bond acceptors (Lipinski definition) is 5. The largest absolute Gasteiger partial charge is 0.390 e. The molecule has 2 amide bonds. The summed E-state index contributed by atoms with van der Waals surface area (Å²) >= 11 is 0. The number of carbonyl (C=O) groups excluding carboxylic acids is 2. The zero-order valence-corrected chi connectivity index (χ0v) is 28.7. The summed E-state index contributed by atoms with van der Waals surface area (Å²) in [5.41, 5.74) is 0.964. The molecule has 3 aromatic rings. The number of nitrogens with one attached hydrogen (secondary N) is 2. The van der Waals surface area contributed by atoms with Gasteiger partial charge in [-0.15, -0.1) is 0 Å². The Morgan fingerprint density at radius 2 is 1.51 bits per heavy atom. The topological polar surface area (TPSA) is 116 Å². The van der Waals surface area contributed by atoms with E-state index in [-0.39, 0.29) is 29.4 Å². The molecule has 0 heterocycles. The Morgan fingerprint density at radius 3 is 2.19 bits per heavy atom. The van der Waals surface area contributed by atoms with E-state index < -0.39 is 41.0 Å². The number of rotatable bonds is 16. The number of benzene rings is 3. The summed E-state index contributed by atoms with van der Waals surface area (Å²) in [6, 6.07) is 22.0. The van der Waals surface area contributed by atoms with Gasteiger partial charge in [0.2, 0.25) is 11.8 Å². The van der Waals surface area contributed by atoms with Crippen LogP contribution in [0, 0.1) is 23.7 Å². The van der Waals surface area contributed by atoms with Gasteiger partial charge in [0.25, 0.3) is 0 Å². The van der Waals surface area contributed by atoms with Crippen molar-refractivity contribution < 1.29 is 24.0 Å². The van der Waals surface area contributed by atoms with Gasteiger partial charge >= 0.3 is 0 Å². The van der Waals surface area contributed by atoms with Crippen LogP contribution in [0.15, 0.2) is 77.7 Å². The standard InChI is InChI=1S/C39H52N2O5S/c1-26(2)21-35(42)37(43)36(30-14-7-4-8-15-30)41-39(45)34(23-28-17-18-28)40-38(44)32(22-27-11-5-3-6-12-27)25-47(46)33-20-19-29-13-9-10-16-31(29)24-33/h3,5-6,9-13,16,19-20,24,26,28,30,32,34-37,42-43H,4,7-8,14-15,17-18,21-23,25H2,1-2H3,(H,40,44)(H,41,45)/t32?,34-,35-,36?,37-,47?/m0/s1. The number of aliphatic hydroxyl groups is 2. The minimum absolute atomic E-state index is 0.0667. The molecule has 0 aromatic heterocycles. The van der Waals surface area contributed by atoms with Gasteiger partial charge in [0, 0.05) is 10.6 Å². The predicted molar refractivity (Wildman–Crippen MR) is 188 cm³/mol. The highest BCUT2D eigenvalue weighted by Crippen LogP contribution is 2.34. The maximum Gasteiger partial charge on any atom is 0.242 e. The Morgan fingerprint density at radius 1 is 0.830 bits per heavy atom. The van der Waals surface area contributed by atoms with E-state index in [1.54, 1.807) is 0 Å². The second-order valence-corrected chi connectivity index (χ2v) is 15.8. The van der Waals surface area contributed by atoms with Crippen molar-refractivity contribution >= 4 is 33.4 Å². The van der Waals surface area contributed by atoms with Crippen LogP contribution in [0.5, 0.6) is 0 Å². The first-order valence-corrected chi connectivity index (χ1v) is 18.9.